The Morgan fingerprint density at radius 3 is 2.14 bits per heavy atom. The van der Waals surface area contributed by atoms with Crippen LogP contribution in [0.5, 0.6) is 0 Å². The normalized spacial score (nSPS) is 15.7. The van der Waals surface area contributed by atoms with Crippen molar-refractivity contribution in [2.75, 3.05) is 4.90 Å². The first-order valence-electron chi connectivity index (χ1n) is 16.5. The molecule has 0 bridgehead atoms. The highest BCUT2D eigenvalue weighted by molar-refractivity contribution is 6.11. The number of fused-ring (bicyclic) bond motifs is 6. The van der Waals surface area contributed by atoms with Crippen molar-refractivity contribution in [1.82, 2.24) is 4.57 Å². The van der Waals surface area contributed by atoms with Gasteiger partial charge in [0.05, 0.1) is 51.6 Å². The van der Waals surface area contributed by atoms with Gasteiger partial charge in [-0.15, -0.1) is 0 Å². The van der Waals surface area contributed by atoms with Gasteiger partial charge in [-0.3, -0.25) is 0 Å². The van der Waals surface area contributed by atoms with Crippen LogP contribution in [0.3, 0.4) is 0 Å². The molecular weight excluding hydrogens is 611 g/mol. The van der Waals surface area contributed by atoms with E-state index < -0.39 is 0 Å². The molecule has 6 aromatic carbocycles. The van der Waals surface area contributed by atoms with E-state index in [0.717, 1.165) is 55.4 Å². The van der Waals surface area contributed by atoms with Gasteiger partial charge >= 0.3 is 0 Å². The number of nitrogens with zero attached hydrogens (tertiary/aromatic N) is 5. The summed E-state index contributed by atoms with van der Waals surface area (Å²) in [5.74, 6) is 0.269. The molecule has 50 heavy (non-hydrogen) atoms. The molecule has 1 aromatic heterocycles. The Balaban J connectivity index is 1.17. The molecule has 2 atom stereocenters. The number of aromatic nitrogens is 1. The van der Waals surface area contributed by atoms with Crippen molar-refractivity contribution in [2.24, 2.45) is 0 Å². The van der Waals surface area contributed by atoms with E-state index >= 15 is 0 Å². The second kappa shape index (κ2) is 11.5. The van der Waals surface area contributed by atoms with Crippen molar-refractivity contribution in [3.05, 3.63) is 174 Å². The number of anilines is 2. The number of allylic oxidation sites excluding steroid dienone is 2. The molecule has 5 nitrogen and oxygen atoms in total. The molecule has 7 aromatic rings. The minimum Gasteiger partial charge on any atom is -0.333 e. The Kier molecular flexibility index (Phi) is 6.70. The summed E-state index contributed by atoms with van der Waals surface area (Å²) < 4.78 is 2.14. The molecule has 2 unspecified atom stereocenters. The first kappa shape index (κ1) is 29.0. The van der Waals surface area contributed by atoms with Crippen LogP contribution in [0.25, 0.3) is 49.7 Å². The number of hydrogen-bond acceptors (Lipinski definition) is 4. The third-order valence-corrected chi connectivity index (χ3v) is 10.0. The maximum Gasteiger partial charge on any atom is 0.101 e. The van der Waals surface area contributed by atoms with E-state index in [1.165, 1.54) is 11.3 Å². The molecule has 9 rings (SSSR count). The molecule has 232 valence electrons. The summed E-state index contributed by atoms with van der Waals surface area (Å²) in [7, 11) is 0. The number of benzene rings is 6. The Labute approximate surface area is 289 Å². The van der Waals surface area contributed by atoms with Gasteiger partial charge in [0.25, 0.3) is 0 Å². The number of hydrogen-bond donors (Lipinski definition) is 0. The summed E-state index contributed by atoms with van der Waals surface area (Å²) in [5.41, 5.74) is 11.6. The lowest BCUT2D eigenvalue weighted by molar-refractivity contribution is 0.744. The van der Waals surface area contributed by atoms with Crippen LogP contribution >= 0.6 is 0 Å². The van der Waals surface area contributed by atoms with E-state index in [1.807, 2.05) is 60.7 Å². The van der Waals surface area contributed by atoms with Crippen LogP contribution in [0.15, 0.2) is 152 Å². The van der Waals surface area contributed by atoms with E-state index in [9.17, 15) is 15.8 Å². The summed E-state index contributed by atoms with van der Waals surface area (Å²) in [6.07, 6.45) is 8.72. The number of nitriles is 3. The molecule has 0 amide bonds. The second-order valence-corrected chi connectivity index (χ2v) is 12.6. The summed E-state index contributed by atoms with van der Waals surface area (Å²) >= 11 is 0. The largest absolute Gasteiger partial charge is 0.333 e. The van der Waals surface area contributed by atoms with E-state index in [1.54, 1.807) is 0 Å². The van der Waals surface area contributed by atoms with Crippen LogP contribution in [0.2, 0.25) is 0 Å². The van der Waals surface area contributed by atoms with E-state index in [4.69, 9.17) is 0 Å². The van der Waals surface area contributed by atoms with Gasteiger partial charge < -0.3 is 9.47 Å². The molecule has 5 heteroatoms. The van der Waals surface area contributed by atoms with Crippen LogP contribution in [0.4, 0.5) is 11.4 Å². The van der Waals surface area contributed by atoms with Gasteiger partial charge in [-0.1, -0.05) is 97.1 Å². The predicted octanol–water partition coefficient (Wildman–Crippen LogP) is 10.5. The number of para-hydroxylation sites is 3. The zero-order valence-electron chi connectivity index (χ0n) is 26.8. The van der Waals surface area contributed by atoms with Crippen LogP contribution in [0, 0.1) is 34.0 Å². The van der Waals surface area contributed by atoms with Gasteiger partial charge in [0.1, 0.15) is 6.07 Å². The Hall–Kier alpha value is -7.13. The average Bonchev–Trinajstić information content (AvgIpc) is 3.70. The lowest BCUT2D eigenvalue weighted by Gasteiger charge is -2.29. The van der Waals surface area contributed by atoms with Crippen molar-refractivity contribution in [2.45, 2.75) is 12.0 Å². The second-order valence-electron chi connectivity index (χ2n) is 12.6. The van der Waals surface area contributed by atoms with Crippen LogP contribution in [-0.4, -0.2) is 10.6 Å². The molecule has 1 aliphatic carbocycles. The fourth-order valence-electron chi connectivity index (χ4n) is 7.86. The highest BCUT2D eigenvalue weighted by Crippen LogP contribution is 2.48. The third kappa shape index (κ3) is 4.37. The molecular formula is C45H27N5. The first-order chi connectivity index (χ1) is 24.7. The fourth-order valence-corrected chi connectivity index (χ4v) is 7.86. The quantitative estimate of drug-likeness (QED) is 0.192. The summed E-state index contributed by atoms with van der Waals surface area (Å²) in [4.78, 5) is 2.35. The first-order valence-corrected chi connectivity index (χ1v) is 16.5. The molecule has 0 saturated carbocycles. The van der Waals surface area contributed by atoms with Gasteiger partial charge in [-0.2, -0.15) is 15.8 Å². The molecule has 1 aliphatic heterocycles. The van der Waals surface area contributed by atoms with Crippen LogP contribution in [0.1, 0.15) is 28.2 Å². The Morgan fingerprint density at radius 2 is 1.30 bits per heavy atom. The van der Waals surface area contributed by atoms with Crippen molar-refractivity contribution in [1.29, 1.82) is 15.8 Å². The van der Waals surface area contributed by atoms with Gasteiger partial charge in [-0.25, -0.2) is 0 Å². The number of rotatable bonds is 4. The molecule has 2 heterocycles. The van der Waals surface area contributed by atoms with Gasteiger partial charge in [0.2, 0.25) is 0 Å². The van der Waals surface area contributed by atoms with Crippen LogP contribution in [-0.2, 0) is 0 Å². The predicted molar refractivity (Wildman–Crippen MR) is 199 cm³/mol. The SMILES string of the molecule is N#Cc1ccc2c(c1)c1cccc(C#N)c1n2-c1ccccc1-c1cccc(-c2ccc(N3c4ccccc4C4C=CC=CC43)cc2C#N)c1. The van der Waals surface area contributed by atoms with E-state index in [-0.39, 0.29) is 12.0 Å². The molecule has 0 fully saturated rings. The zero-order valence-corrected chi connectivity index (χ0v) is 26.8. The third-order valence-electron chi connectivity index (χ3n) is 10.0. The lowest BCUT2D eigenvalue weighted by atomic mass is 9.91. The Bertz CT molecular complexity index is 2720. The molecule has 0 N–H and O–H groups in total. The van der Waals surface area contributed by atoms with Crippen molar-refractivity contribution in [3.8, 4) is 46.1 Å². The van der Waals surface area contributed by atoms with Gasteiger partial charge in [0.15, 0.2) is 0 Å². The van der Waals surface area contributed by atoms with Crippen molar-refractivity contribution in [3.63, 3.8) is 0 Å². The molecule has 0 radical (unpaired) electrons. The van der Waals surface area contributed by atoms with Gasteiger partial charge in [0, 0.05) is 33.6 Å². The monoisotopic (exact) mass is 637 g/mol. The zero-order chi connectivity index (χ0) is 33.8. The molecule has 0 spiro atoms. The molecule has 0 saturated heterocycles. The average molecular weight is 638 g/mol. The van der Waals surface area contributed by atoms with Crippen LogP contribution < -0.4 is 4.90 Å². The minimum atomic E-state index is 0.156. The maximum atomic E-state index is 10.5. The topological polar surface area (TPSA) is 79.5 Å². The summed E-state index contributed by atoms with van der Waals surface area (Å²) in [5, 5.41) is 32.2. The fraction of sp³-hybridized carbons (Fsp3) is 0.0444. The lowest BCUT2D eigenvalue weighted by Crippen LogP contribution is -2.28. The summed E-state index contributed by atoms with van der Waals surface area (Å²) in [6, 6.07) is 49.9. The smallest absolute Gasteiger partial charge is 0.101 e. The van der Waals surface area contributed by atoms with Gasteiger partial charge in [-0.05, 0) is 76.9 Å². The standard InChI is InChI=1S/C45H27N5/c46-26-29-19-22-44-40(23-29)39-15-8-11-32(27-47)45(39)50(44)41-16-4-1-12-36(41)31-10-7-9-30(24-31)35-21-20-34(25-33(35)28-48)49-42-17-5-2-13-37(42)38-14-3-6-18-43(38)49/h1-25,37,42H. The molecule has 2 aliphatic rings. The Morgan fingerprint density at radius 1 is 0.540 bits per heavy atom. The minimum absolute atomic E-state index is 0.156. The summed E-state index contributed by atoms with van der Waals surface area (Å²) in [6.45, 7) is 0. The van der Waals surface area contributed by atoms with E-state index in [0.29, 0.717) is 16.7 Å². The van der Waals surface area contributed by atoms with Crippen molar-refractivity contribution >= 4 is 33.2 Å². The highest BCUT2D eigenvalue weighted by Gasteiger charge is 2.37. The van der Waals surface area contributed by atoms with E-state index in [2.05, 4.69) is 119 Å². The maximum absolute atomic E-state index is 10.5. The highest BCUT2D eigenvalue weighted by atomic mass is 15.2. The van der Waals surface area contributed by atoms with Crippen molar-refractivity contribution < 1.29 is 0 Å².